The molecule has 0 aromatic heterocycles. The van der Waals surface area contributed by atoms with E-state index < -0.39 is 0 Å². The SMILES string of the molecule is CC(C)CCN1[C@@H]2CC[C@H]1CC(OC(c1ccccc1)c1ccc(Cl)cc1)C2. The zero-order valence-corrected chi connectivity index (χ0v) is 17.8. The molecule has 0 spiro atoms. The molecule has 0 aliphatic carbocycles. The quantitative estimate of drug-likeness (QED) is 0.529. The maximum absolute atomic E-state index is 6.79. The molecule has 3 heteroatoms. The summed E-state index contributed by atoms with van der Waals surface area (Å²) in [7, 11) is 0. The van der Waals surface area contributed by atoms with E-state index in [2.05, 4.69) is 61.2 Å². The lowest BCUT2D eigenvalue weighted by atomic mass is 9.96. The van der Waals surface area contributed by atoms with Crippen LogP contribution in [0.2, 0.25) is 5.02 Å². The third-order valence-corrected chi connectivity index (χ3v) is 6.66. The van der Waals surface area contributed by atoms with Gasteiger partial charge in [0, 0.05) is 17.1 Å². The molecular weight excluding hydrogens is 366 g/mol. The average molecular weight is 398 g/mol. The smallest absolute Gasteiger partial charge is 0.108 e. The molecule has 2 aromatic rings. The first-order valence-electron chi connectivity index (χ1n) is 10.8. The fourth-order valence-electron chi connectivity index (χ4n) is 4.92. The summed E-state index contributed by atoms with van der Waals surface area (Å²) in [5, 5.41) is 0.770. The normalized spacial score (nSPS) is 25.9. The number of ether oxygens (including phenoxy) is 1. The number of nitrogens with zero attached hydrogens (tertiary/aromatic N) is 1. The molecule has 2 heterocycles. The zero-order chi connectivity index (χ0) is 19.5. The van der Waals surface area contributed by atoms with Crippen LogP contribution < -0.4 is 0 Å². The minimum atomic E-state index is -0.0231. The lowest BCUT2D eigenvalue weighted by Gasteiger charge is -2.40. The predicted octanol–water partition coefficient (Wildman–Crippen LogP) is 6.49. The van der Waals surface area contributed by atoms with Crippen molar-refractivity contribution in [3.8, 4) is 0 Å². The van der Waals surface area contributed by atoms with Crippen molar-refractivity contribution in [1.29, 1.82) is 0 Å². The molecule has 2 aromatic carbocycles. The molecule has 2 unspecified atom stereocenters. The van der Waals surface area contributed by atoms with Crippen LogP contribution in [0.15, 0.2) is 54.6 Å². The van der Waals surface area contributed by atoms with Crippen LogP contribution in [-0.4, -0.2) is 29.6 Å². The second-order valence-corrected chi connectivity index (χ2v) is 9.31. The molecule has 150 valence electrons. The molecule has 0 N–H and O–H groups in total. The molecular formula is C25H32ClNO. The van der Waals surface area contributed by atoms with Crippen LogP contribution in [0.1, 0.15) is 63.2 Å². The average Bonchev–Trinajstić information content (AvgIpc) is 2.94. The Hall–Kier alpha value is -1.35. The van der Waals surface area contributed by atoms with E-state index in [1.54, 1.807) is 0 Å². The second kappa shape index (κ2) is 8.98. The molecule has 2 aliphatic rings. The molecule has 28 heavy (non-hydrogen) atoms. The van der Waals surface area contributed by atoms with Gasteiger partial charge >= 0.3 is 0 Å². The lowest BCUT2D eigenvalue weighted by molar-refractivity contribution is -0.0488. The fourth-order valence-corrected chi connectivity index (χ4v) is 5.04. The Labute approximate surface area is 174 Å². The molecule has 4 rings (SSSR count). The molecule has 2 nitrogen and oxygen atoms in total. The van der Waals surface area contributed by atoms with Gasteiger partial charge in [-0.05, 0) is 67.8 Å². The van der Waals surface area contributed by atoms with Gasteiger partial charge in [0.15, 0.2) is 0 Å². The number of rotatable bonds is 7. The summed E-state index contributed by atoms with van der Waals surface area (Å²) in [6.07, 6.45) is 6.59. The van der Waals surface area contributed by atoms with Crippen LogP contribution in [-0.2, 0) is 4.74 Å². The Balaban J connectivity index is 1.48. The number of fused-ring (bicyclic) bond motifs is 2. The van der Waals surface area contributed by atoms with Crippen molar-refractivity contribution in [3.63, 3.8) is 0 Å². The van der Waals surface area contributed by atoms with Gasteiger partial charge in [-0.15, -0.1) is 0 Å². The Bertz CT molecular complexity index is 731. The summed E-state index contributed by atoms with van der Waals surface area (Å²) < 4.78 is 6.79. The van der Waals surface area contributed by atoms with Gasteiger partial charge in [-0.2, -0.15) is 0 Å². The summed E-state index contributed by atoms with van der Waals surface area (Å²) >= 11 is 6.12. The highest BCUT2D eigenvalue weighted by Crippen LogP contribution is 2.40. The standard InChI is InChI=1S/C25H32ClNO/c1-18(2)14-15-27-22-12-13-23(27)17-24(16-22)28-25(19-6-4-3-5-7-19)20-8-10-21(26)11-9-20/h3-11,18,22-25H,12-17H2,1-2H3/t22-,23+,24?,25?. The Morgan fingerprint density at radius 2 is 1.54 bits per heavy atom. The second-order valence-electron chi connectivity index (χ2n) is 8.88. The van der Waals surface area contributed by atoms with E-state index in [1.165, 1.54) is 36.9 Å². The highest BCUT2D eigenvalue weighted by molar-refractivity contribution is 6.30. The number of benzene rings is 2. The topological polar surface area (TPSA) is 12.5 Å². The third-order valence-electron chi connectivity index (χ3n) is 6.41. The van der Waals surface area contributed by atoms with Crippen molar-refractivity contribution in [3.05, 3.63) is 70.7 Å². The van der Waals surface area contributed by atoms with Crippen LogP contribution in [0, 0.1) is 5.92 Å². The van der Waals surface area contributed by atoms with E-state index >= 15 is 0 Å². The Kier molecular flexibility index (Phi) is 6.40. The fraction of sp³-hybridized carbons (Fsp3) is 0.520. The molecule has 4 atom stereocenters. The molecule has 2 saturated heterocycles. The van der Waals surface area contributed by atoms with E-state index in [1.807, 2.05) is 12.1 Å². The van der Waals surface area contributed by atoms with Gasteiger partial charge in [-0.3, -0.25) is 4.90 Å². The summed E-state index contributed by atoms with van der Waals surface area (Å²) in [6.45, 7) is 5.90. The maximum atomic E-state index is 6.79. The number of piperidine rings is 1. The van der Waals surface area contributed by atoms with Crippen LogP contribution >= 0.6 is 11.6 Å². The summed E-state index contributed by atoms with van der Waals surface area (Å²) in [5.41, 5.74) is 2.41. The number of hydrogen-bond donors (Lipinski definition) is 0. The van der Waals surface area contributed by atoms with E-state index in [0.717, 1.165) is 23.8 Å². The number of halogens is 1. The van der Waals surface area contributed by atoms with E-state index in [0.29, 0.717) is 18.2 Å². The van der Waals surface area contributed by atoms with E-state index in [-0.39, 0.29) is 6.10 Å². The highest BCUT2D eigenvalue weighted by atomic mass is 35.5. The van der Waals surface area contributed by atoms with Gasteiger partial charge in [0.1, 0.15) is 6.10 Å². The van der Waals surface area contributed by atoms with Gasteiger partial charge in [0.25, 0.3) is 0 Å². The first kappa shape index (κ1) is 19.9. The third kappa shape index (κ3) is 4.62. The van der Waals surface area contributed by atoms with Crippen molar-refractivity contribution in [2.24, 2.45) is 5.92 Å². The van der Waals surface area contributed by atoms with Crippen molar-refractivity contribution >= 4 is 11.6 Å². The zero-order valence-electron chi connectivity index (χ0n) is 17.1. The van der Waals surface area contributed by atoms with Crippen LogP contribution in [0.5, 0.6) is 0 Å². The van der Waals surface area contributed by atoms with Gasteiger partial charge in [0.05, 0.1) is 6.10 Å². The van der Waals surface area contributed by atoms with Gasteiger partial charge in [-0.1, -0.05) is 67.9 Å². The first-order chi connectivity index (χ1) is 13.6. The van der Waals surface area contributed by atoms with Gasteiger partial charge < -0.3 is 4.74 Å². The van der Waals surface area contributed by atoms with Crippen LogP contribution in [0.4, 0.5) is 0 Å². The molecule has 2 aliphatic heterocycles. The van der Waals surface area contributed by atoms with Gasteiger partial charge in [-0.25, -0.2) is 0 Å². The minimum absolute atomic E-state index is 0.0231. The molecule has 0 radical (unpaired) electrons. The van der Waals surface area contributed by atoms with Crippen molar-refractivity contribution in [1.82, 2.24) is 4.90 Å². The largest absolute Gasteiger partial charge is 0.365 e. The van der Waals surface area contributed by atoms with Crippen molar-refractivity contribution in [2.45, 2.75) is 70.2 Å². The molecule has 2 bridgehead atoms. The molecule has 2 fully saturated rings. The minimum Gasteiger partial charge on any atom is -0.365 e. The predicted molar refractivity (Wildman–Crippen MR) is 117 cm³/mol. The van der Waals surface area contributed by atoms with Crippen molar-refractivity contribution in [2.75, 3.05) is 6.54 Å². The molecule has 0 saturated carbocycles. The van der Waals surface area contributed by atoms with Crippen LogP contribution in [0.25, 0.3) is 0 Å². The first-order valence-corrected chi connectivity index (χ1v) is 11.2. The summed E-state index contributed by atoms with van der Waals surface area (Å²) in [4.78, 5) is 2.78. The Morgan fingerprint density at radius 3 is 2.14 bits per heavy atom. The monoisotopic (exact) mass is 397 g/mol. The Morgan fingerprint density at radius 1 is 0.929 bits per heavy atom. The molecule has 0 amide bonds. The van der Waals surface area contributed by atoms with Gasteiger partial charge in [0.2, 0.25) is 0 Å². The highest BCUT2D eigenvalue weighted by Gasteiger charge is 2.41. The maximum Gasteiger partial charge on any atom is 0.108 e. The van der Waals surface area contributed by atoms with Crippen molar-refractivity contribution < 1.29 is 4.74 Å². The van der Waals surface area contributed by atoms with E-state index in [4.69, 9.17) is 16.3 Å². The van der Waals surface area contributed by atoms with E-state index in [9.17, 15) is 0 Å². The lowest BCUT2D eigenvalue weighted by Crippen LogP contribution is -2.46. The van der Waals surface area contributed by atoms with Crippen LogP contribution in [0.3, 0.4) is 0 Å². The number of hydrogen-bond acceptors (Lipinski definition) is 2. The summed E-state index contributed by atoms with van der Waals surface area (Å²) in [6, 6.07) is 20.1. The summed E-state index contributed by atoms with van der Waals surface area (Å²) in [5.74, 6) is 0.778.